The molecule has 2 saturated heterocycles. The molecule has 11 heteroatoms. The summed E-state index contributed by atoms with van der Waals surface area (Å²) in [6, 6.07) is 1.78. The minimum absolute atomic E-state index is 0.216. The first-order valence-electron chi connectivity index (χ1n) is 9.33. The van der Waals surface area contributed by atoms with Gasteiger partial charge in [0.2, 0.25) is 0 Å². The van der Waals surface area contributed by atoms with Crippen LogP contribution in [-0.2, 0) is 4.79 Å². The number of carbonyl (C=O) groups is 2. The Balaban J connectivity index is 1.42. The normalized spacial score (nSPS) is 19.5. The van der Waals surface area contributed by atoms with Gasteiger partial charge >= 0.3 is 6.03 Å². The molecule has 0 radical (unpaired) electrons. The molecule has 2 fully saturated rings. The van der Waals surface area contributed by atoms with Crippen LogP contribution in [0.25, 0.3) is 6.08 Å². The molecule has 0 saturated carbocycles. The number of amides is 3. The van der Waals surface area contributed by atoms with E-state index >= 15 is 0 Å². The van der Waals surface area contributed by atoms with E-state index in [0.29, 0.717) is 37.5 Å². The highest BCUT2D eigenvalue weighted by Crippen LogP contribution is 2.21. The van der Waals surface area contributed by atoms with Crippen molar-refractivity contribution in [2.24, 2.45) is 0 Å². The number of hydrogen-bond donors (Lipinski definition) is 4. The zero-order chi connectivity index (χ0) is 21.1. The predicted octanol–water partition coefficient (Wildman–Crippen LogP) is 0.783. The number of urea groups is 1. The Morgan fingerprint density at radius 3 is 2.63 bits per heavy atom. The number of amidine groups is 1. The van der Waals surface area contributed by atoms with Crippen molar-refractivity contribution in [2.75, 3.05) is 31.1 Å². The number of carbonyl (C=O) groups excluding carboxylic acids is 2. The molecule has 4 rings (SSSR count). The molecular formula is C19H20N8O3. The minimum atomic E-state index is -0.878. The second-order valence-corrected chi connectivity index (χ2v) is 6.77. The van der Waals surface area contributed by atoms with Crippen LogP contribution in [0.15, 0.2) is 40.7 Å². The number of piperazine rings is 1. The van der Waals surface area contributed by atoms with E-state index in [1.54, 1.807) is 36.8 Å². The quantitative estimate of drug-likeness (QED) is 0.324. The summed E-state index contributed by atoms with van der Waals surface area (Å²) in [7, 11) is 0. The average molecular weight is 408 g/mol. The van der Waals surface area contributed by atoms with Gasteiger partial charge in [-0.15, -0.1) is 0 Å². The molecule has 4 heterocycles. The van der Waals surface area contributed by atoms with Crippen LogP contribution in [-0.4, -0.2) is 65.0 Å². The summed E-state index contributed by atoms with van der Waals surface area (Å²) in [5.41, 5.74) is 0.378. The monoisotopic (exact) mass is 408 g/mol. The van der Waals surface area contributed by atoms with Crippen molar-refractivity contribution in [2.45, 2.75) is 6.04 Å². The van der Waals surface area contributed by atoms with Gasteiger partial charge in [0.05, 0.1) is 6.20 Å². The highest BCUT2D eigenvalue weighted by molar-refractivity contribution is 6.16. The summed E-state index contributed by atoms with van der Waals surface area (Å²) in [4.78, 5) is 35.4. The molecule has 0 aromatic carbocycles. The highest BCUT2D eigenvalue weighted by Gasteiger charge is 2.33. The number of imide groups is 1. The number of furan rings is 1. The Morgan fingerprint density at radius 1 is 1.20 bits per heavy atom. The van der Waals surface area contributed by atoms with E-state index in [2.05, 4.69) is 25.5 Å². The lowest BCUT2D eigenvalue weighted by atomic mass is 10.1. The topological polar surface area (TPSA) is 151 Å². The third kappa shape index (κ3) is 3.90. The number of nitrogens with zero attached hydrogens (tertiary/aromatic N) is 4. The number of anilines is 1. The molecule has 30 heavy (non-hydrogen) atoms. The summed E-state index contributed by atoms with van der Waals surface area (Å²) < 4.78 is 5.64. The van der Waals surface area contributed by atoms with E-state index in [9.17, 15) is 9.59 Å². The number of rotatable bonds is 5. The fourth-order valence-corrected chi connectivity index (χ4v) is 3.35. The molecule has 11 nitrogen and oxygen atoms in total. The molecule has 0 bridgehead atoms. The van der Waals surface area contributed by atoms with Gasteiger partial charge in [-0.1, -0.05) is 0 Å². The molecule has 2 aliphatic rings. The van der Waals surface area contributed by atoms with Crippen LogP contribution in [0, 0.1) is 10.8 Å². The van der Waals surface area contributed by atoms with Gasteiger partial charge in [0.15, 0.2) is 6.04 Å². The molecular weight excluding hydrogens is 388 g/mol. The summed E-state index contributed by atoms with van der Waals surface area (Å²) in [5.74, 6) is 1.22. The van der Waals surface area contributed by atoms with Gasteiger partial charge in [-0.2, -0.15) is 0 Å². The highest BCUT2D eigenvalue weighted by atomic mass is 16.3. The van der Waals surface area contributed by atoms with E-state index in [0.717, 1.165) is 12.0 Å². The van der Waals surface area contributed by atoms with Gasteiger partial charge in [0, 0.05) is 50.4 Å². The minimum Gasteiger partial charge on any atom is -0.459 e. The maximum atomic E-state index is 11.8. The first-order valence-corrected chi connectivity index (χ1v) is 9.33. The van der Waals surface area contributed by atoms with Crippen molar-refractivity contribution in [1.82, 2.24) is 25.5 Å². The average Bonchev–Trinajstić information content (AvgIpc) is 3.37. The second kappa shape index (κ2) is 8.15. The molecule has 2 aromatic heterocycles. The van der Waals surface area contributed by atoms with Crippen LogP contribution in [0.2, 0.25) is 0 Å². The summed E-state index contributed by atoms with van der Waals surface area (Å²) >= 11 is 0. The van der Waals surface area contributed by atoms with E-state index in [4.69, 9.17) is 15.2 Å². The molecule has 1 unspecified atom stereocenters. The Labute approximate surface area is 171 Å². The maximum Gasteiger partial charge on any atom is 0.322 e. The molecule has 0 aliphatic carbocycles. The van der Waals surface area contributed by atoms with E-state index in [-0.39, 0.29) is 11.6 Å². The summed E-state index contributed by atoms with van der Waals surface area (Å²) in [6.07, 6.45) is 7.67. The largest absolute Gasteiger partial charge is 0.459 e. The lowest BCUT2D eigenvalue weighted by molar-refractivity contribution is -0.120. The smallest absolute Gasteiger partial charge is 0.322 e. The van der Waals surface area contributed by atoms with Crippen LogP contribution in [0.3, 0.4) is 0 Å². The van der Waals surface area contributed by atoms with Crippen LogP contribution >= 0.6 is 0 Å². The van der Waals surface area contributed by atoms with Crippen molar-refractivity contribution in [3.05, 3.63) is 47.8 Å². The fourth-order valence-electron chi connectivity index (χ4n) is 3.35. The van der Waals surface area contributed by atoms with Crippen molar-refractivity contribution in [3.63, 3.8) is 0 Å². The van der Waals surface area contributed by atoms with Crippen LogP contribution in [0.5, 0.6) is 0 Å². The predicted molar refractivity (Wildman–Crippen MR) is 108 cm³/mol. The Bertz CT molecular complexity index is 1010. The number of nitrogens with one attached hydrogen (secondary N) is 4. The van der Waals surface area contributed by atoms with Crippen molar-refractivity contribution < 1.29 is 14.0 Å². The number of hydrogen-bond acceptors (Lipinski definition) is 8. The first-order chi connectivity index (χ1) is 14.5. The standard InChI is InChI=1S/C19H20N8O3/c20-10-12(9-13-1-2-14(30-13)16-18(28)25-19(29)24-16)17(21)27-7-5-26(6-8-27)15-11-22-3-4-23-15/h1-4,9-11,16,20-21H,5-8H2,(H2,24,25,28,29)/b12-9+,20-10?,21-17?. The van der Waals surface area contributed by atoms with Crippen LogP contribution in [0.1, 0.15) is 17.6 Å². The summed E-state index contributed by atoms with van der Waals surface area (Å²) in [5, 5.41) is 20.8. The molecule has 1 atom stereocenters. The Morgan fingerprint density at radius 2 is 2.00 bits per heavy atom. The maximum absolute atomic E-state index is 11.8. The molecule has 3 amide bonds. The van der Waals surface area contributed by atoms with Gasteiger partial charge in [-0.25, -0.2) is 9.78 Å². The van der Waals surface area contributed by atoms with Gasteiger partial charge in [0.1, 0.15) is 23.2 Å². The lowest BCUT2D eigenvalue weighted by Gasteiger charge is -2.36. The molecule has 2 aliphatic heterocycles. The molecule has 4 N–H and O–H groups in total. The third-order valence-electron chi connectivity index (χ3n) is 4.90. The molecule has 0 spiro atoms. The number of aromatic nitrogens is 2. The molecule has 2 aromatic rings. The van der Waals surface area contributed by atoms with Gasteiger partial charge < -0.3 is 24.9 Å². The van der Waals surface area contributed by atoms with Crippen molar-refractivity contribution in [1.29, 1.82) is 10.8 Å². The third-order valence-corrected chi connectivity index (χ3v) is 4.90. The summed E-state index contributed by atoms with van der Waals surface area (Å²) in [6.45, 7) is 2.60. The molecule has 154 valence electrons. The van der Waals surface area contributed by atoms with E-state index in [1.807, 2.05) is 4.90 Å². The van der Waals surface area contributed by atoms with Gasteiger partial charge in [-0.05, 0) is 18.2 Å². The Hall–Kier alpha value is -4.02. The van der Waals surface area contributed by atoms with Crippen LogP contribution in [0.4, 0.5) is 10.6 Å². The van der Waals surface area contributed by atoms with Gasteiger partial charge in [-0.3, -0.25) is 20.5 Å². The SMILES string of the molecule is N=C/C(=C\c1ccc(C2NC(=O)NC2=O)o1)C(=N)N1CCN(c2cnccn2)CC1. The zero-order valence-electron chi connectivity index (χ0n) is 16.0. The Kier molecular flexibility index (Phi) is 5.24. The fraction of sp³-hybridized carbons (Fsp3) is 0.263. The first kappa shape index (κ1) is 19.3. The second-order valence-electron chi connectivity index (χ2n) is 6.77. The lowest BCUT2D eigenvalue weighted by Crippen LogP contribution is -2.49. The van der Waals surface area contributed by atoms with Crippen molar-refractivity contribution in [3.8, 4) is 0 Å². The van der Waals surface area contributed by atoms with Gasteiger partial charge in [0.25, 0.3) is 5.91 Å². The zero-order valence-corrected chi connectivity index (χ0v) is 16.0. The van der Waals surface area contributed by atoms with Crippen LogP contribution < -0.4 is 15.5 Å². The van der Waals surface area contributed by atoms with E-state index < -0.39 is 18.0 Å². The van der Waals surface area contributed by atoms with E-state index in [1.165, 1.54) is 0 Å². The van der Waals surface area contributed by atoms with Crippen molar-refractivity contribution >= 4 is 35.9 Å².